The minimum absolute atomic E-state index is 0.00878. The van der Waals surface area contributed by atoms with E-state index in [0.29, 0.717) is 22.7 Å². The number of amides is 1. The molecule has 3 aromatic rings. The molecule has 2 N–H and O–H groups in total. The molecule has 0 radical (unpaired) electrons. The van der Waals surface area contributed by atoms with E-state index in [4.69, 9.17) is 33.1 Å². The summed E-state index contributed by atoms with van der Waals surface area (Å²) in [6, 6.07) is 3.19. The number of thiophene rings is 1. The topological polar surface area (TPSA) is 114 Å². The van der Waals surface area contributed by atoms with Crippen LogP contribution in [0.25, 0.3) is 0 Å². The molecule has 0 saturated carbocycles. The van der Waals surface area contributed by atoms with E-state index < -0.39 is 15.9 Å². The van der Waals surface area contributed by atoms with Gasteiger partial charge in [-0.3, -0.25) is 4.79 Å². The Hall–Kier alpha value is -2.67. The van der Waals surface area contributed by atoms with Crippen LogP contribution in [-0.4, -0.2) is 43.7 Å². The summed E-state index contributed by atoms with van der Waals surface area (Å²) in [5, 5.41) is 8.27. The van der Waals surface area contributed by atoms with Crippen molar-refractivity contribution in [3.8, 4) is 5.75 Å². The van der Waals surface area contributed by atoms with Gasteiger partial charge in [-0.1, -0.05) is 22.8 Å². The number of nitrogens with zero attached hydrogens (tertiary/aromatic N) is 2. The van der Waals surface area contributed by atoms with Gasteiger partial charge < -0.3 is 19.5 Å². The third-order valence-corrected chi connectivity index (χ3v) is 8.15. The number of ether oxygens (including phenoxy) is 1. The van der Waals surface area contributed by atoms with E-state index in [2.05, 4.69) is 15.2 Å². The number of rotatable bonds is 6. The van der Waals surface area contributed by atoms with Crippen molar-refractivity contribution in [1.82, 2.24) is 10.1 Å². The SMILES string of the molecule is Cc1cc(C)c(OC(=S)N(C)C)c(C)c1NC(=O)c1sccc1S(=O)(=O)Nc1onc(C)c1Cl. The van der Waals surface area contributed by atoms with Crippen LogP contribution in [0.3, 0.4) is 0 Å². The number of carbonyl (C=O) groups is 1. The summed E-state index contributed by atoms with van der Waals surface area (Å²) in [5.41, 5.74) is 3.14. The molecule has 0 bridgehead atoms. The number of hydrogen-bond donors (Lipinski definition) is 2. The van der Waals surface area contributed by atoms with Crippen LogP contribution < -0.4 is 14.8 Å². The lowest BCUT2D eigenvalue weighted by Crippen LogP contribution is -2.26. The Balaban J connectivity index is 1.93. The first-order chi connectivity index (χ1) is 15.8. The maximum absolute atomic E-state index is 13.2. The molecule has 2 aromatic heterocycles. The second-order valence-corrected chi connectivity index (χ2v) is 11.0. The van der Waals surface area contributed by atoms with Gasteiger partial charge >= 0.3 is 0 Å². The van der Waals surface area contributed by atoms with Gasteiger partial charge in [0, 0.05) is 19.7 Å². The highest BCUT2D eigenvalue weighted by Gasteiger charge is 2.28. The molecule has 2 heterocycles. The number of thiocarbonyl (C=S) groups is 1. The van der Waals surface area contributed by atoms with Crippen molar-refractivity contribution in [2.75, 3.05) is 24.1 Å². The van der Waals surface area contributed by atoms with Crippen molar-refractivity contribution in [3.63, 3.8) is 0 Å². The maximum atomic E-state index is 13.2. The first kappa shape index (κ1) is 25.9. The lowest BCUT2D eigenvalue weighted by atomic mass is 10.0. The van der Waals surface area contributed by atoms with Gasteiger partial charge in [0.15, 0.2) is 0 Å². The Labute approximate surface area is 212 Å². The number of carbonyl (C=O) groups excluding carboxylic acids is 1. The van der Waals surface area contributed by atoms with Crippen molar-refractivity contribution in [2.24, 2.45) is 0 Å². The molecule has 1 aromatic carbocycles. The van der Waals surface area contributed by atoms with Gasteiger partial charge in [-0.2, -0.15) is 0 Å². The fourth-order valence-corrected chi connectivity index (χ4v) is 5.71. The molecule has 9 nitrogen and oxygen atoms in total. The van der Waals surface area contributed by atoms with Crippen LogP contribution in [0.15, 0.2) is 26.9 Å². The maximum Gasteiger partial charge on any atom is 0.267 e. The molecule has 13 heteroatoms. The molecule has 0 aliphatic carbocycles. The van der Waals surface area contributed by atoms with Gasteiger partial charge in [-0.05, 0) is 62.5 Å². The quantitative estimate of drug-likeness (QED) is 0.423. The Morgan fingerprint density at radius 3 is 2.50 bits per heavy atom. The first-order valence-electron chi connectivity index (χ1n) is 9.86. The molecule has 0 aliphatic rings. The molecule has 34 heavy (non-hydrogen) atoms. The largest absolute Gasteiger partial charge is 0.431 e. The Morgan fingerprint density at radius 1 is 1.24 bits per heavy atom. The molecule has 0 saturated heterocycles. The second-order valence-electron chi connectivity index (χ2n) is 7.69. The summed E-state index contributed by atoms with van der Waals surface area (Å²) >= 11 is 12.3. The lowest BCUT2D eigenvalue weighted by molar-refractivity contribution is 0.102. The Bertz CT molecular complexity index is 1380. The van der Waals surface area contributed by atoms with Gasteiger partial charge in [0.1, 0.15) is 26.2 Å². The van der Waals surface area contributed by atoms with Crippen LogP contribution in [0.1, 0.15) is 32.1 Å². The lowest BCUT2D eigenvalue weighted by Gasteiger charge is -2.20. The highest BCUT2D eigenvalue weighted by molar-refractivity contribution is 7.93. The van der Waals surface area contributed by atoms with E-state index in [9.17, 15) is 13.2 Å². The molecular weight excluding hydrogens is 520 g/mol. The fraction of sp³-hybridized carbons (Fsp3) is 0.286. The van der Waals surface area contributed by atoms with Gasteiger partial charge in [0.25, 0.3) is 27.0 Å². The van der Waals surface area contributed by atoms with Gasteiger partial charge in [-0.15, -0.1) is 11.3 Å². The number of benzene rings is 1. The summed E-state index contributed by atoms with van der Waals surface area (Å²) < 4.78 is 38.9. The molecule has 0 atom stereocenters. The predicted octanol–water partition coefficient (Wildman–Crippen LogP) is 4.90. The fourth-order valence-electron chi connectivity index (χ4n) is 3.14. The van der Waals surface area contributed by atoms with Gasteiger partial charge in [0.05, 0.1) is 5.69 Å². The molecule has 182 valence electrons. The summed E-state index contributed by atoms with van der Waals surface area (Å²) in [6.07, 6.45) is 0. The highest BCUT2D eigenvalue weighted by Crippen LogP contribution is 2.35. The van der Waals surface area contributed by atoms with Crippen LogP contribution in [0.5, 0.6) is 5.75 Å². The summed E-state index contributed by atoms with van der Waals surface area (Å²) in [4.78, 5) is 14.6. The third-order valence-electron chi connectivity index (χ3n) is 4.84. The molecule has 0 unspecified atom stereocenters. The van der Waals surface area contributed by atoms with E-state index >= 15 is 0 Å². The predicted molar refractivity (Wildman–Crippen MR) is 137 cm³/mol. The molecule has 3 rings (SSSR count). The smallest absolute Gasteiger partial charge is 0.267 e. The van der Waals surface area contributed by atoms with E-state index in [-0.39, 0.29) is 25.9 Å². The average molecular weight is 543 g/mol. The molecule has 0 aliphatic heterocycles. The van der Waals surface area contributed by atoms with Crippen LogP contribution in [0.4, 0.5) is 11.6 Å². The Morgan fingerprint density at radius 2 is 1.91 bits per heavy atom. The summed E-state index contributed by atoms with van der Waals surface area (Å²) in [5.74, 6) is -0.289. The summed E-state index contributed by atoms with van der Waals surface area (Å²) in [7, 11) is -0.638. The van der Waals surface area contributed by atoms with E-state index in [1.54, 1.807) is 32.8 Å². The van der Waals surface area contributed by atoms with Crippen molar-refractivity contribution in [1.29, 1.82) is 0 Å². The highest BCUT2D eigenvalue weighted by atomic mass is 35.5. The third kappa shape index (κ3) is 5.19. The minimum Gasteiger partial charge on any atom is -0.431 e. The van der Waals surface area contributed by atoms with Crippen LogP contribution >= 0.6 is 35.2 Å². The van der Waals surface area contributed by atoms with E-state index in [1.165, 1.54) is 11.4 Å². The van der Waals surface area contributed by atoms with E-state index in [0.717, 1.165) is 22.5 Å². The Kier molecular flexibility index (Phi) is 7.56. The van der Waals surface area contributed by atoms with Crippen LogP contribution in [-0.2, 0) is 10.0 Å². The zero-order chi connectivity index (χ0) is 25.4. The molecule has 0 spiro atoms. The monoisotopic (exact) mass is 542 g/mol. The number of sulfonamides is 1. The molecule has 0 fully saturated rings. The van der Waals surface area contributed by atoms with Crippen molar-refractivity contribution < 1.29 is 22.5 Å². The number of hydrogen-bond acceptors (Lipinski definition) is 8. The van der Waals surface area contributed by atoms with Crippen LogP contribution in [0, 0.1) is 27.7 Å². The minimum atomic E-state index is -4.17. The van der Waals surface area contributed by atoms with Crippen molar-refractivity contribution in [2.45, 2.75) is 32.6 Å². The van der Waals surface area contributed by atoms with Crippen LogP contribution in [0.2, 0.25) is 5.02 Å². The van der Waals surface area contributed by atoms with Gasteiger partial charge in [0.2, 0.25) is 0 Å². The standard InChI is InChI=1S/C21H23ClN4O5S3/c1-10-9-11(2)17(30-21(32)26(5)6)12(3)16(10)23-19(27)18-14(7-8-33-18)34(28,29)25-20-15(22)13(4)24-31-20/h7-9,25H,1-6H3,(H,23,27). The number of halogens is 1. The molecule has 1 amide bonds. The van der Waals surface area contributed by atoms with E-state index in [1.807, 2.05) is 19.9 Å². The normalized spacial score (nSPS) is 11.3. The average Bonchev–Trinajstić information content (AvgIpc) is 3.37. The summed E-state index contributed by atoms with van der Waals surface area (Å²) in [6.45, 7) is 7.09. The van der Waals surface area contributed by atoms with Crippen molar-refractivity contribution >= 4 is 67.8 Å². The number of aryl methyl sites for hydroxylation is 3. The number of aromatic nitrogens is 1. The zero-order valence-electron chi connectivity index (χ0n) is 19.3. The second kappa shape index (κ2) is 9.90. The molecular formula is C21H23ClN4O5S3. The first-order valence-corrected chi connectivity index (χ1v) is 13.0. The number of anilines is 2. The van der Waals surface area contributed by atoms with Crippen molar-refractivity contribution in [3.05, 3.63) is 49.8 Å². The number of nitrogens with one attached hydrogen (secondary N) is 2. The van der Waals surface area contributed by atoms with Gasteiger partial charge in [-0.25, -0.2) is 13.1 Å². The zero-order valence-corrected chi connectivity index (χ0v) is 22.5.